The first-order chi connectivity index (χ1) is 7.59. The SMILES string of the molecule is CC.CC(C)c1ccc2c(c1)N(C)C(=O)C2. The summed E-state index contributed by atoms with van der Waals surface area (Å²) in [4.78, 5) is 13.2. The van der Waals surface area contributed by atoms with E-state index in [1.54, 1.807) is 4.90 Å². The number of hydrogen-bond donors (Lipinski definition) is 0. The monoisotopic (exact) mass is 219 g/mol. The molecule has 0 saturated carbocycles. The Bertz CT molecular complexity index is 382. The first kappa shape index (κ1) is 12.8. The Balaban J connectivity index is 0.000000606. The molecule has 1 aromatic carbocycles. The maximum atomic E-state index is 11.4. The lowest BCUT2D eigenvalue weighted by Gasteiger charge is -2.12. The van der Waals surface area contributed by atoms with Crippen molar-refractivity contribution >= 4 is 11.6 Å². The van der Waals surface area contributed by atoms with E-state index in [4.69, 9.17) is 0 Å². The minimum atomic E-state index is 0.195. The van der Waals surface area contributed by atoms with Crippen LogP contribution in [0.2, 0.25) is 0 Å². The summed E-state index contributed by atoms with van der Waals surface area (Å²) >= 11 is 0. The molecule has 1 aliphatic heterocycles. The summed E-state index contributed by atoms with van der Waals surface area (Å²) in [6.07, 6.45) is 0.560. The van der Waals surface area contributed by atoms with Crippen molar-refractivity contribution in [3.8, 4) is 0 Å². The molecular weight excluding hydrogens is 198 g/mol. The highest BCUT2D eigenvalue weighted by molar-refractivity contribution is 6.00. The minimum Gasteiger partial charge on any atom is -0.315 e. The van der Waals surface area contributed by atoms with Gasteiger partial charge in [0.05, 0.1) is 6.42 Å². The molecule has 1 aromatic rings. The van der Waals surface area contributed by atoms with Gasteiger partial charge in [0, 0.05) is 12.7 Å². The smallest absolute Gasteiger partial charge is 0.231 e. The van der Waals surface area contributed by atoms with Gasteiger partial charge >= 0.3 is 0 Å². The van der Waals surface area contributed by atoms with Gasteiger partial charge < -0.3 is 4.90 Å². The molecule has 88 valence electrons. The van der Waals surface area contributed by atoms with Gasteiger partial charge in [-0.3, -0.25) is 4.79 Å². The maximum absolute atomic E-state index is 11.4. The number of likely N-dealkylation sites (N-methyl/N-ethyl adjacent to an activating group) is 1. The van der Waals surface area contributed by atoms with Crippen LogP contribution in [-0.4, -0.2) is 13.0 Å². The number of rotatable bonds is 1. The largest absolute Gasteiger partial charge is 0.315 e. The number of nitrogens with zero attached hydrogens (tertiary/aromatic N) is 1. The molecule has 0 spiro atoms. The molecule has 0 bridgehead atoms. The topological polar surface area (TPSA) is 20.3 Å². The summed E-state index contributed by atoms with van der Waals surface area (Å²) in [6, 6.07) is 6.33. The molecule has 2 heteroatoms. The van der Waals surface area contributed by atoms with Crippen LogP contribution in [0.4, 0.5) is 5.69 Å². The fourth-order valence-electron chi connectivity index (χ4n) is 1.82. The number of hydrogen-bond acceptors (Lipinski definition) is 1. The van der Waals surface area contributed by atoms with Gasteiger partial charge in [-0.2, -0.15) is 0 Å². The third kappa shape index (κ3) is 2.26. The zero-order chi connectivity index (χ0) is 12.3. The Kier molecular flexibility index (Phi) is 4.11. The highest BCUT2D eigenvalue weighted by Crippen LogP contribution is 2.30. The summed E-state index contributed by atoms with van der Waals surface area (Å²) < 4.78 is 0. The molecule has 0 atom stereocenters. The standard InChI is InChI=1S/C12H15NO.C2H6/c1-8(2)9-4-5-10-7-12(14)13(3)11(10)6-9;1-2/h4-6,8H,7H2,1-3H3;1-2H3. The van der Waals surface area contributed by atoms with E-state index in [0.29, 0.717) is 12.3 Å². The van der Waals surface area contributed by atoms with Crippen molar-refractivity contribution in [3.05, 3.63) is 29.3 Å². The predicted octanol–water partition coefficient (Wildman–Crippen LogP) is 3.36. The Morgan fingerprint density at radius 2 is 1.88 bits per heavy atom. The summed E-state index contributed by atoms with van der Waals surface area (Å²) in [5, 5.41) is 0. The number of fused-ring (bicyclic) bond motifs is 1. The molecule has 0 aromatic heterocycles. The molecule has 2 rings (SSSR count). The van der Waals surface area contributed by atoms with Crippen LogP contribution in [-0.2, 0) is 11.2 Å². The van der Waals surface area contributed by atoms with Crippen LogP contribution in [0.25, 0.3) is 0 Å². The van der Waals surface area contributed by atoms with Crippen LogP contribution in [0.5, 0.6) is 0 Å². The van der Waals surface area contributed by atoms with Gasteiger partial charge in [-0.25, -0.2) is 0 Å². The molecule has 2 nitrogen and oxygen atoms in total. The average Bonchev–Trinajstić information content (AvgIpc) is 2.57. The van der Waals surface area contributed by atoms with Gasteiger partial charge in [-0.15, -0.1) is 0 Å². The second-order valence-corrected chi connectivity index (χ2v) is 4.17. The molecule has 1 aliphatic rings. The molecule has 0 fully saturated rings. The van der Waals surface area contributed by atoms with Crippen molar-refractivity contribution in [2.24, 2.45) is 0 Å². The normalized spacial score (nSPS) is 13.6. The van der Waals surface area contributed by atoms with Crippen molar-refractivity contribution in [3.63, 3.8) is 0 Å². The Hall–Kier alpha value is -1.31. The number of carbonyl (C=O) groups excluding carboxylic acids is 1. The van der Waals surface area contributed by atoms with Crippen LogP contribution in [0.3, 0.4) is 0 Å². The van der Waals surface area contributed by atoms with E-state index in [-0.39, 0.29) is 5.91 Å². The summed E-state index contributed by atoms with van der Waals surface area (Å²) in [5.41, 5.74) is 3.54. The van der Waals surface area contributed by atoms with Crippen molar-refractivity contribution in [2.75, 3.05) is 11.9 Å². The molecule has 0 N–H and O–H groups in total. The zero-order valence-electron chi connectivity index (χ0n) is 10.9. The van der Waals surface area contributed by atoms with E-state index in [1.165, 1.54) is 5.56 Å². The van der Waals surface area contributed by atoms with Crippen LogP contribution >= 0.6 is 0 Å². The van der Waals surface area contributed by atoms with Gasteiger partial charge in [0.1, 0.15) is 0 Å². The second kappa shape index (κ2) is 5.15. The van der Waals surface area contributed by atoms with Crippen molar-refractivity contribution in [1.29, 1.82) is 0 Å². The van der Waals surface area contributed by atoms with E-state index in [2.05, 4.69) is 32.0 Å². The van der Waals surface area contributed by atoms with Crippen molar-refractivity contribution in [1.82, 2.24) is 0 Å². The van der Waals surface area contributed by atoms with Crippen LogP contribution in [0.1, 0.15) is 44.7 Å². The van der Waals surface area contributed by atoms with Gasteiger partial charge in [0.25, 0.3) is 0 Å². The van der Waals surface area contributed by atoms with Gasteiger partial charge in [0.2, 0.25) is 5.91 Å². The number of amides is 1. The molecular formula is C14H21NO. The van der Waals surface area contributed by atoms with Crippen LogP contribution in [0, 0.1) is 0 Å². The quantitative estimate of drug-likeness (QED) is 0.709. The Labute approximate surface area is 98.3 Å². The highest BCUT2D eigenvalue weighted by atomic mass is 16.2. The number of carbonyl (C=O) groups is 1. The molecule has 1 amide bonds. The van der Waals surface area contributed by atoms with E-state index in [0.717, 1.165) is 11.3 Å². The average molecular weight is 219 g/mol. The summed E-state index contributed by atoms with van der Waals surface area (Å²) in [5.74, 6) is 0.713. The van der Waals surface area contributed by atoms with E-state index < -0.39 is 0 Å². The molecule has 1 heterocycles. The predicted molar refractivity (Wildman–Crippen MR) is 69.0 cm³/mol. The van der Waals surface area contributed by atoms with Gasteiger partial charge in [-0.05, 0) is 23.1 Å². The van der Waals surface area contributed by atoms with Crippen LogP contribution < -0.4 is 4.90 Å². The molecule has 0 radical (unpaired) electrons. The van der Waals surface area contributed by atoms with Crippen molar-refractivity contribution in [2.45, 2.75) is 40.0 Å². The third-order valence-electron chi connectivity index (χ3n) is 2.85. The molecule has 0 saturated heterocycles. The van der Waals surface area contributed by atoms with E-state index >= 15 is 0 Å². The maximum Gasteiger partial charge on any atom is 0.231 e. The fraction of sp³-hybridized carbons (Fsp3) is 0.500. The zero-order valence-corrected chi connectivity index (χ0v) is 10.9. The van der Waals surface area contributed by atoms with Gasteiger partial charge in [0.15, 0.2) is 0 Å². The lowest BCUT2D eigenvalue weighted by atomic mass is 10.0. The van der Waals surface area contributed by atoms with E-state index in [9.17, 15) is 4.79 Å². The lowest BCUT2D eigenvalue weighted by Crippen LogP contribution is -2.20. The Morgan fingerprint density at radius 1 is 1.25 bits per heavy atom. The van der Waals surface area contributed by atoms with Crippen LogP contribution in [0.15, 0.2) is 18.2 Å². The number of benzene rings is 1. The molecule has 16 heavy (non-hydrogen) atoms. The molecule has 0 unspecified atom stereocenters. The third-order valence-corrected chi connectivity index (χ3v) is 2.85. The minimum absolute atomic E-state index is 0.195. The second-order valence-electron chi connectivity index (χ2n) is 4.17. The first-order valence-electron chi connectivity index (χ1n) is 5.99. The number of anilines is 1. The highest BCUT2D eigenvalue weighted by Gasteiger charge is 2.23. The lowest BCUT2D eigenvalue weighted by molar-refractivity contribution is -0.117. The van der Waals surface area contributed by atoms with E-state index in [1.807, 2.05) is 20.9 Å². The summed E-state index contributed by atoms with van der Waals surface area (Å²) in [6.45, 7) is 8.33. The molecule has 0 aliphatic carbocycles. The van der Waals surface area contributed by atoms with Gasteiger partial charge in [-0.1, -0.05) is 39.8 Å². The summed E-state index contributed by atoms with van der Waals surface area (Å²) in [7, 11) is 1.85. The van der Waals surface area contributed by atoms with Crippen molar-refractivity contribution < 1.29 is 4.79 Å². The first-order valence-corrected chi connectivity index (χ1v) is 5.99. The Morgan fingerprint density at radius 3 is 2.44 bits per heavy atom. The fourth-order valence-corrected chi connectivity index (χ4v) is 1.82.